The summed E-state index contributed by atoms with van der Waals surface area (Å²) in [5, 5.41) is 0. The van der Waals surface area contributed by atoms with Crippen LogP contribution in [0.5, 0.6) is 0 Å². The van der Waals surface area contributed by atoms with E-state index >= 15 is 0 Å². The van der Waals surface area contributed by atoms with Gasteiger partial charge in [-0.15, -0.1) is 0 Å². The number of benzene rings is 1. The second-order valence-electron chi connectivity index (χ2n) is 5.89. The Hall–Kier alpha value is -2.63. The second-order valence-corrected chi connectivity index (χ2v) is 5.89. The summed E-state index contributed by atoms with van der Waals surface area (Å²) in [7, 11) is 0. The molecule has 0 aliphatic carbocycles. The molecule has 1 aliphatic rings. The van der Waals surface area contributed by atoms with Crippen LogP contribution in [0.25, 0.3) is 11.4 Å². The van der Waals surface area contributed by atoms with Crippen LogP contribution in [0.15, 0.2) is 36.7 Å². The number of esters is 1. The topological polar surface area (TPSA) is 75.3 Å². The summed E-state index contributed by atoms with van der Waals surface area (Å²) < 4.78 is 5.16. The highest BCUT2D eigenvalue weighted by atomic mass is 16.5. The fraction of sp³-hybridized carbons (Fsp3) is 0.389. The molecule has 1 N–H and O–H groups in total. The monoisotopic (exact) mass is 327 g/mol. The van der Waals surface area contributed by atoms with Gasteiger partial charge in [0.25, 0.3) is 5.91 Å². The van der Waals surface area contributed by atoms with Gasteiger partial charge in [-0.25, -0.2) is 9.78 Å². The molecule has 1 saturated heterocycles. The van der Waals surface area contributed by atoms with E-state index < -0.39 is 5.97 Å². The van der Waals surface area contributed by atoms with Crippen LogP contribution in [0.3, 0.4) is 0 Å². The lowest BCUT2D eigenvalue weighted by molar-refractivity contribution is -0.134. The standard InChI is InChI=1S/C18H21N3O3/c22-16(21-11-3-1-2-4-12-21)13-24-18(23)15-7-5-14(6-8-15)17-19-9-10-20-17/h5-10H,1-4,11-13H2,(H,19,20). The first-order valence-corrected chi connectivity index (χ1v) is 8.29. The first-order chi connectivity index (χ1) is 11.7. The SMILES string of the molecule is O=C(OCC(=O)N1CCCCCC1)c1ccc(-c2ncc[nH]2)cc1. The largest absolute Gasteiger partial charge is 0.452 e. The smallest absolute Gasteiger partial charge is 0.338 e. The van der Waals surface area contributed by atoms with Crippen LogP contribution in [-0.4, -0.2) is 46.4 Å². The van der Waals surface area contributed by atoms with Crippen LogP contribution in [0.2, 0.25) is 0 Å². The molecule has 126 valence electrons. The van der Waals surface area contributed by atoms with Gasteiger partial charge in [0.05, 0.1) is 5.56 Å². The van der Waals surface area contributed by atoms with Crippen molar-refractivity contribution in [3.63, 3.8) is 0 Å². The zero-order valence-corrected chi connectivity index (χ0v) is 13.5. The van der Waals surface area contributed by atoms with Crippen LogP contribution >= 0.6 is 0 Å². The van der Waals surface area contributed by atoms with Gasteiger partial charge in [0.1, 0.15) is 5.82 Å². The van der Waals surface area contributed by atoms with E-state index in [4.69, 9.17) is 4.74 Å². The predicted molar refractivity (Wildman–Crippen MR) is 89.4 cm³/mol. The Kier molecular flexibility index (Phi) is 5.25. The van der Waals surface area contributed by atoms with Gasteiger partial charge in [-0.1, -0.05) is 25.0 Å². The highest BCUT2D eigenvalue weighted by molar-refractivity contribution is 5.91. The molecule has 0 atom stereocenters. The highest BCUT2D eigenvalue weighted by Crippen LogP contribution is 2.16. The summed E-state index contributed by atoms with van der Waals surface area (Å²) in [6, 6.07) is 6.95. The van der Waals surface area contributed by atoms with E-state index in [0.717, 1.165) is 50.2 Å². The van der Waals surface area contributed by atoms with Crippen LogP contribution in [0.1, 0.15) is 36.0 Å². The second kappa shape index (κ2) is 7.77. The summed E-state index contributed by atoms with van der Waals surface area (Å²) in [6.07, 6.45) is 7.77. The maximum absolute atomic E-state index is 12.1. The van der Waals surface area contributed by atoms with Crippen LogP contribution in [0, 0.1) is 0 Å². The number of hydrogen-bond donors (Lipinski definition) is 1. The number of ether oxygens (including phenoxy) is 1. The van der Waals surface area contributed by atoms with Crippen molar-refractivity contribution in [1.82, 2.24) is 14.9 Å². The van der Waals surface area contributed by atoms with Crippen LogP contribution in [-0.2, 0) is 9.53 Å². The van der Waals surface area contributed by atoms with Crippen molar-refractivity contribution in [3.8, 4) is 11.4 Å². The van der Waals surface area contributed by atoms with Crippen molar-refractivity contribution in [2.75, 3.05) is 19.7 Å². The van der Waals surface area contributed by atoms with Gasteiger partial charge in [-0.2, -0.15) is 0 Å². The Morgan fingerprint density at radius 2 is 1.79 bits per heavy atom. The Bertz CT molecular complexity index is 672. The van der Waals surface area contributed by atoms with E-state index in [9.17, 15) is 9.59 Å². The molecule has 24 heavy (non-hydrogen) atoms. The molecule has 0 spiro atoms. The number of likely N-dealkylation sites (tertiary alicyclic amines) is 1. The van der Waals surface area contributed by atoms with Crippen molar-refractivity contribution < 1.29 is 14.3 Å². The number of hydrogen-bond acceptors (Lipinski definition) is 4. The summed E-state index contributed by atoms with van der Waals surface area (Å²) in [4.78, 5) is 33.2. The summed E-state index contributed by atoms with van der Waals surface area (Å²) in [5.41, 5.74) is 1.31. The maximum Gasteiger partial charge on any atom is 0.338 e. The van der Waals surface area contributed by atoms with Crippen molar-refractivity contribution in [3.05, 3.63) is 42.2 Å². The number of H-pyrrole nitrogens is 1. The molecule has 0 saturated carbocycles. The molecule has 1 fully saturated rings. The number of carbonyl (C=O) groups is 2. The number of nitrogens with zero attached hydrogens (tertiary/aromatic N) is 2. The Labute approximate surface area is 140 Å². The van der Waals surface area contributed by atoms with Gasteiger partial charge in [0, 0.05) is 31.0 Å². The van der Waals surface area contributed by atoms with Crippen LogP contribution in [0.4, 0.5) is 0 Å². The minimum Gasteiger partial charge on any atom is -0.452 e. The lowest BCUT2D eigenvalue weighted by atomic mass is 10.1. The number of nitrogens with one attached hydrogen (secondary N) is 1. The van der Waals surface area contributed by atoms with Gasteiger partial charge in [0.2, 0.25) is 0 Å². The van der Waals surface area contributed by atoms with E-state index in [1.54, 1.807) is 41.6 Å². The average Bonchev–Trinajstić information content (AvgIpc) is 3.02. The number of carbonyl (C=O) groups excluding carboxylic acids is 2. The van der Waals surface area contributed by atoms with Gasteiger partial charge in [-0.3, -0.25) is 4.79 Å². The van der Waals surface area contributed by atoms with E-state index in [1.165, 1.54) is 0 Å². The minimum atomic E-state index is -0.482. The third-order valence-electron chi connectivity index (χ3n) is 4.18. The quantitative estimate of drug-likeness (QED) is 0.876. The summed E-state index contributed by atoms with van der Waals surface area (Å²) >= 11 is 0. The van der Waals surface area contributed by atoms with E-state index in [2.05, 4.69) is 9.97 Å². The number of amides is 1. The number of rotatable bonds is 4. The molecule has 3 rings (SSSR count). The Morgan fingerprint density at radius 1 is 1.08 bits per heavy atom. The molecule has 1 aromatic heterocycles. The molecule has 0 unspecified atom stereocenters. The van der Waals surface area contributed by atoms with E-state index in [1.807, 2.05) is 0 Å². The summed E-state index contributed by atoms with van der Waals surface area (Å²) in [6.45, 7) is 1.32. The third-order valence-corrected chi connectivity index (χ3v) is 4.18. The fourth-order valence-electron chi connectivity index (χ4n) is 2.81. The molecule has 2 aromatic rings. The minimum absolute atomic E-state index is 0.113. The van der Waals surface area contributed by atoms with Gasteiger partial charge >= 0.3 is 5.97 Å². The first kappa shape index (κ1) is 16.2. The molecule has 6 heteroatoms. The van der Waals surface area contributed by atoms with Gasteiger partial charge in [0.15, 0.2) is 6.61 Å². The molecule has 0 radical (unpaired) electrons. The van der Waals surface area contributed by atoms with Crippen molar-refractivity contribution in [2.24, 2.45) is 0 Å². The molecule has 6 nitrogen and oxygen atoms in total. The molecular formula is C18H21N3O3. The zero-order chi connectivity index (χ0) is 16.8. The predicted octanol–water partition coefficient (Wildman–Crippen LogP) is 2.64. The summed E-state index contributed by atoms with van der Waals surface area (Å²) in [5.74, 6) is 0.146. The van der Waals surface area contributed by atoms with E-state index in [-0.39, 0.29) is 12.5 Å². The molecule has 2 heterocycles. The maximum atomic E-state index is 12.1. The van der Waals surface area contributed by atoms with Crippen molar-refractivity contribution >= 4 is 11.9 Å². The molecule has 1 aliphatic heterocycles. The lowest BCUT2D eigenvalue weighted by Crippen LogP contribution is -2.35. The fourth-order valence-corrected chi connectivity index (χ4v) is 2.81. The van der Waals surface area contributed by atoms with Crippen LogP contribution < -0.4 is 0 Å². The highest BCUT2D eigenvalue weighted by Gasteiger charge is 2.17. The number of imidazole rings is 1. The molecular weight excluding hydrogens is 306 g/mol. The normalized spacial score (nSPS) is 14.9. The Morgan fingerprint density at radius 3 is 2.42 bits per heavy atom. The molecule has 1 amide bonds. The zero-order valence-electron chi connectivity index (χ0n) is 13.5. The third kappa shape index (κ3) is 4.01. The Balaban J connectivity index is 1.54. The van der Waals surface area contributed by atoms with E-state index in [0.29, 0.717) is 5.56 Å². The number of aromatic amines is 1. The molecule has 1 aromatic carbocycles. The van der Waals surface area contributed by atoms with Crippen molar-refractivity contribution in [1.29, 1.82) is 0 Å². The number of aromatic nitrogens is 2. The average molecular weight is 327 g/mol. The molecule has 0 bridgehead atoms. The lowest BCUT2D eigenvalue weighted by Gasteiger charge is -2.19. The first-order valence-electron chi connectivity index (χ1n) is 8.29. The van der Waals surface area contributed by atoms with Crippen molar-refractivity contribution in [2.45, 2.75) is 25.7 Å². The van der Waals surface area contributed by atoms with Gasteiger partial charge < -0.3 is 14.6 Å². The van der Waals surface area contributed by atoms with Gasteiger partial charge in [-0.05, 0) is 25.0 Å².